The minimum Gasteiger partial charge on any atom is -0.493 e. The van der Waals surface area contributed by atoms with Gasteiger partial charge in [-0.1, -0.05) is 23.4 Å². The quantitative estimate of drug-likeness (QED) is 0.451. The number of aromatic hydroxyl groups is 1. The van der Waals surface area contributed by atoms with Crippen LogP contribution in [0.25, 0.3) is 0 Å². The van der Waals surface area contributed by atoms with Crippen LogP contribution in [-0.4, -0.2) is 37.8 Å². The first-order chi connectivity index (χ1) is 11.3. The van der Waals surface area contributed by atoms with Gasteiger partial charge in [0.1, 0.15) is 0 Å². The van der Waals surface area contributed by atoms with Gasteiger partial charge < -0.3 is 20.5 Å². The number of anilines is 1. The van der Waals surface area contributed by atoms with E-state index in [1.165, 1.54) is 18.2 Å². The van der Waals surface area contributed by atoms with Crippen LogP contribution < -0.4 is 10.9 Å². The number of nitrogens with zero attached hydrogens (tertiary/aromatic N) is 1. The number of carbonyl (C=O) groups excluding carboxylic acids is 1. The highest BCUT2D eigenvalue weighted by Crippen LogP contribution is 2.23. The Morgan fingerprint density at radius 2 is 2.08 bits per heavy atom. The summed E-state index contributed by atoms with van der Waals surface area (Å²) < 4.78 is 0. The van der Waals surface area contributed by atoms with E-state index >= 15 is 0 Å². The van der Waals surface area contributed by atoms with Crippen molar-refractivity contribution in [1.82, 2.24) is 9.97 Å². The van der Waals surface area contributed by atoms with Crippen molar-refractivity contribution in [2.75, 3.05) is 11.1 Å². The number of amides is 1. The Kier molecular flexibility index (Phi) is 5.83. The molecule has 1 amide bonds. The van der Waals surface area contributed by atoms with Gasteiger partial charge >= 0.3 is 5.97 Å². The molecule has 0 aliphatic rings. The Hall–Kier alpha value is -2.52. The first kappa shape index (κ1) is 17.8. The van der Waals surface area contributed by atoms with E-state index in [1.807, 2.05) is 0 Å². The first-order valence-electron chi connectivity index (χ1n) is 6.61. The predicted molar refractivity (Wildman–Crippen MR) is 88.9 cm³/mol. The lowest BCUT2D eigenvalue weighted by Gasteiger charge is -2.08. The van der Waals surface area contributed by atoms with E-state index < -0.39 is 17.4 Å². The van der Waals surface area contributed by atoms with Crippen molar-refractivity contribution in [2.45, 2.75) is 11.6 Å². The number of H-pyrrole nitrogens is 1. The maximum atomic E-state index is 11.9. The topological polar surface area (TPSA) is 132 Å². The van der Waals surface area contributed by atoms with E-state index in [2.05, 4.69) is 15.3 Å². The van der Waals surface area contributed by atoms with Crippen molar-refractivity contribution in [3.63, 3.8) is 0 Å². The van der Waals surface area contributed by atoms with Gasteiger partial charge in [-0.2, -0.15) is 4.98 Å². The number of halogens is 1. The SMILES string of the molecule is O=C(CCSc1nc(O)cc(=O)[nH]1)Nc1cc(C(=O)O)ccc1Cl. The highest BCUT2D eigenvalue weighted by Gasteiger charge is 2.10. The number of aromatic carboxylic acids is 1. The standard InChI is InChI=1S/C14H12ClN3O5S/c15-8-2-1-7(13(22)23)5-9(8)16-10(19)3-4-24-14-17-11(20)6-12(21)18-14/h1-2,5-6H,3-4H2,(H,16,19)(H,22,23)(H2,17,18,20,21). The summed E-state index contributed by atoms with van der Waals surface area (Å²) in [6.07, 6.45) is 0.0671. The summed E-state index contributed by atoms with van der Waals surface area (Å²) >= 11 is 7.00. The summed E-state index contributed by atoms with van der Waals surface area (Å²) in [5, 5.41) is 21.1. The van der Waals surface area contributed by atoms with Crippen molar-refractivity contribution in [3.05, 3.63) is 45.2 Å². The maximum absolute atomic E-state index is 11.9. The zero-order valence-corrected chi connectivity index (χ0v) is 13.6. The Morgan fingerprint density at radius 3 is 2.75 bits per heavy atom. The Labute approximate surface area is 144 Å². The molecule has 8 nitrogen and oxygen atoms in total. The normalized spacial score (nSPS) is 10.4. The van der Waals surface area contributed by atoms with Crippen LogP contribution in [0.5, 0.6) is 5.88 Å². The molecule has 10 heteroatoms. The molecule has 0 unspecified atom stereocenters. The smallest absolute Gasteiger partial charge is 0.335 e. The fraction of sp³-hybridized carbons (Fsp3) is 0.143. The minimum atomic E-state index is -1.13. The molecule has 0 bridgehead atoms. The van der Waals surface area contributed by atoms with Gasteiger partial charge in [-0.3, -0.25) is 9.59 Å². The third-order valence-corrected chi connectivity index (χ3v) is 3.97. The molecule has 126 valence electrons. The molecule has 1 heterocycles. The molecule has 2 rings (SSSR count). The average Bonchev–Trinajstić information content (AvgIpc) is 2.48. The van der Waals surface area contributed by atoms with Gasteiger partial charge in [0.05, 0.1) is 22.3 Å². The second-order valence-electron chi connectivity index (χ2n) is 4.56. The van der Waals surface area contributed by atoms with Gasteiger partial charge in [0.15, 0.2) is 5.16 Å². The van der Waals surface area contributed by atoms with Crippen molar-refractivity contribution >= 4 is 40.9 Å². The van der Waals surface area contributed by atoms with Gasteiger partial charge in [-0.25, -0.2) is 4.79 Å². The molecule has 24 heavy (non-hydrogen) atoms. The minimum absolute atomic E-state index is 0.00520. The molecule has 0 saturated carbocycles. The molecular weight excluding hydrogens is 358 g/mol. The maximum Gasteiger partial charge on any atom is 0.335 e. The number of hydrogen-bond donors (Lipinski definition) is 4. The summed E-state index contributed by atoms with van der Waals surface area (Å²) in [7, 11) is 0. The second-order valence-corrected chi connectivity index (χ2v) is 6.05. The monoisotopic (exact) mass is 369 g/mol. The lowest BCUT2D eigenvalue weighted by Crippen LogP contribution is -2.13. The second kappa shape index (κ2) is 7.84. The number of carbonyl (C=O) groups is 2. The molecule has 1 aromatic heterocycles. The molecule has 2 aromatic rings. The summed E-state index contributed by atoms with van der Waals surface area (Å²) in [5.41, 5.74) is -0.284. The molecular formula is C14H12ClN3O5S. The molecule has 0 aliphatic heterocycles. The van der Waals surface area contributed by atoms with E-state index in [0.717, 1.165) is 17.8 Å². The van der Waals surface area contributed by atoms with Crippen LogP contribution in [-0.2, 0) is 4.79 Å². The molecule has 0 aliphatic carbocycles. The summed E-state index contributed by atoms with van der Waals surface area (Å²) in [4.78, 5) is 40.1. The van der Waals surface area contributed by atoms with Crippen molar-refractivity contribution < 1.29 is 19.8 Å². The number of rotatable bonds is 6. The van der Waals surface area contributed by atoms with Crippen LogP contribution in [0.4, 0.5) is 5.69 Å². The Bertz CT molecular complexity index is 839. The molecule has 1 aromatic carbocycles. The van der Waals surface area contributed by atoms with E-state index in [0.29, 0.717) is 0 Å². The van der Waals surface area contributed by atoms with Gasteiger partial charge in [-0.05, 0) is 18.2 Å². The predicted octanol–water partition coefficient (Wildman–Crippen LogP) is 1.95. The van der Waals surface area contributed by atoms with E-state index in [-0.39, 0.29) is 39.5 Å². The van der Waals surface area contributed by atoms with Gasteiger partial charge in [0, 0.05) is 12.2 Å². The third-order valence-electron chi connectivity index (χ3n) is 2.76. The highest BCUT2D eigenvalue weighted by atomic mass is 35.5. The summed E-state index contributed by atoms with van der Waals surface area (Å²) in [5.74, 6) is -1.62. The van der Waals surface area contributed by atoms with Crippen LogP contribution in [0, 0.1) is 0 Å². The number of nitrogens with one attached hydrogen (secondary N) is 2. The molecule has 0 spiro atoms. The number of aromatic nitrogens is 2. The van der Waals surface area contributed by atoms with Crippen LogP contribution in [0.3, 0.4) is 0 Å². The van der Waals surface area contributed by atoms with Crippen molar-refractivity contribution in [2.24, 2.45) is 0 Å². The van der Waals surface area contributed by atoms with Crippen molar-refractivity contribution in [3.8, 4) is 5.88 Å². The van der Waals surface area contributed by atoms with E-state index in [9.17, 15) is 19.5 Å². The Morgan fingerprint density at radius 1 is 1.33 bits per heavy atom. The fourth-order valence-electron chi connectivity index (χ4n) is 1.70. The zero-order valence-electron chi connectivity index (χ0n) is 12.1. The lowest BCUT2D eigenvalue weighted by molar-refractivity contribution is -0.115. The van der Waals surface area contributed by atoms with Crippen LogP contribution in [0.1, 0.15) is 16.8 Å². The van der Waals surface area contributed by atoms with Gasteiger partial charge in [0.2, 0.25) is 11.8 Å². The largest absolute Gasteiger partial charge is 0.493 e. The van der Waals surface area contributed by atoms with E-state index in [1.54, 1.807) is 0 Å². The number of benzene rings is 1. The molecule has 0 fully saturated rings. The lowest BCUT2D eigenvalue weighted by atomic mass is 10.2. The first-order valence-corrected chi connectivity index (χ1v) is 7.97. The molecule has 4 N–H and O–H groups in total. The summed E-state index contributed by atoms with van der Waals surface area (Å²) in [6.45, 7) is 0. The molecule has 0 atom stereocenters. The zero-order chi connectivity index (χ0) is 17.7. The number of hydrogen-bond acceptors (Lipinski definition) is 6. The van der Waals surface area contributed by atoms with Crippen molar-refractivity contribution in [1.29, 1.82) is 0 Å². The fourth-order valence-corrected chi connectivity index (χ4v) is 2.68. The number of carboxylic acid groups (broad SMARTS) is 1. The van der Waals surface area contributed by atoms with Crippen LogP contribution in [0.2, 0.25) is 5.02 Å². The average molecular weight is 370 g/mol. The number of carboxylic acids is 1. The highest BCUT2D eigenvalue weighted by molar-refractivity contribution is 7.99. The number of aromatic amines is 1. The van der Waals surface area contributed by atoms with E-state index in [4.69, 9.17) is 16.7 Å². The molecule has 0 radical (unpaired) electrons. The van der Waals surface area contributed by atoms with Gasteiger partial charge in [-0.15, -0.1) is 0 Å². The summed E-state index contributed by atoms with van der Waals surface area (Å²) in [6, 6.07) is 4.93. The number of thioether (sulfide) groups is 1. The van der Waals surface area contributed by atoms with Crippen LogP contribution in [0.15, 0.2) is 34.2 Å². The third kappa shape index (κ3) is 5.00. The molecule has 0 saturated heterocycles. The van der Waals surface area contributed by atoms with Crippen LogP contribution >= 0.6 is 23.4 Å². The van der Waals surface area contributed by atoms with Gasteiger partial charge in [0.25, 0.3) is 5.56 Å². The Balaban J connectivity index is 1.93.